The topological polar surface area (TPSA) is 73.8 Å². The van der Waals surface area contributed by atoms with E-state index < -0.39 is 10.9 Å². The summed E-state index contributed by atoms with van der Waals surface area (Å²) in [5.41, 5.74) is 2.68. The van der Waals surface area contributed by atoms with E-state index in [0.717, 1.165) is 11.1 Å². The van der Waals surface area contributed by atoms with Crippen molar-refractivity contribution in [3.63, 3.8) is 0 Å². The minimum Gasteiger partial charge on any atom is -0.461 e. The molecule has 0 radical (unpaired) electrons. The predicted molar refractivity (Wildman–Crippen MR) is 85.4 cm³/mol. The van der Waals surface area contributed by atoms with Gasteiger partial charge in [-0.05, 0) is 42.8 Å². The largest absolute Gasteiger partial charge is 0.461 e. The van der Waals surface area contributed by atoms with Crippen molar-refractivity contribution in [1.29, 1.82) is 0 Å². The first-order valence-electron chi connectivity index (χ1n) is 7.14. The normalized spacial score (nSPS) is 10.7. The molecular weight excluding hydrogens is 296 g/mol. The average Bonchev–Trinajstić information content (AvgIpc) is 2.94. The number of ether oxygens (including phenoxy) is 1. The number of hydrogen-bond acceptors (Lipinski definition) is 4. The molecule has 3 rings (SSSR count). The number of non-ortho nitro benzene ring substituents is 1. The van der Waals surface area contributed by atoms with E-state index in [2.05, 4.69) is 0 Å². The van der Waals surface area contributed by atoms with Gasteiger partial charge in [-0.3, -0.25) is 10.1 Å². The Morgan fingerprint density at radius 3 is 2.61 bits per heavy atom. The van der Waals surface area contributed by atoms with Crippen molar-refractivity contribution in [3.8, 4) is 11.1 Å². The Balaban J connectivity index is 2.17. The van der Waals surface area contributed by atoms with Crippen molar-refractivity contribution in [1.82, 2.24) is 4.40 Å². The number of nitro groups is 1. The molecule has 6 nitrogen and oxygen atoms in total. The van der Waals surface area contributed by atoms with Gasteiger partial charge >= 0.3 is 5.97 Å². The van der Waals surface area contributed by atoms with Gasteiger partial charge in [0.2, 0.25) is 0 Å². The number of rotatable bonds is 4. The van der Waals surface area contributed by atoms with Crippen LogP contribution in [0, 0.1) is 10.1 Å². The van der Waals surface area contributed by atoms with E-state index in [4.69, 9.17) is 4.74 Å². The van der Waals surface area contributed by atoms with Crippen LogP contribution in [0.5, 0.6) is 0 Å². The van der Waals surface area contributed by atoms with Crippen LogP contribution in [0.4, 0.5) is 5.69 Å². The predicted octanol–water partition coefficient (Wildman–Crippen LogP) is 3.69. The number of carbonyl (C=O) groups is 1. The molecular formula is C17H14N2O4. The molecule has 0 aliphatic rings. The summed E-state index contributed by atoms with van der Waals surface area (Å²) in [7, 11) is 0. The lowest BCUT2D eigenvalue weighted by molar-refractivity contribution is -0.384. The molecule has 0 spiro atoms. The summed E-state index contributed by atoms with van der Waals surface area (Å²) < 4.78 is 6.91. The maximum Gasteiger partial charge on any atom is 0.355 e. The molecule has 0 aliphatic heterocycles. The van der Waals surface area contributed by atoms with E-state index in [1.807, 2.05) is 24.3 Å². The molecule has 0 fully saturated rings. The molecule has 0 aliphatic carbocycles. The Kier molecular flexibility index (Phi) is 3.80. The first-order chi connectivity index (χ1) is 11.1. The summed E-state index contributed by atoms with van der Waals surface area (Å²) >= 11 is 0. The molecule has 0 amide bonds. The second-order valence-corrected chi connectivity index (χ2v) is 4.93. The molecule has 0 saturated carbocycles. The fourth-order valence-corrected chi connectivity index (χ4v) is 2.51. The quantitative estimate of drug-likeness (QED) is 0.418. The van der Waals surface area contributed by atoms with Gasteiger partial charge in [0.25, 0.3) is 5.69 Å². The van der Waals surface area contributed by atoms with Crippen molar-refractivity contribution in [3.05, 3.63) is 70.5 Å². The first-order valence-corrected chi connectivity index (χ1v) is 7.14. The Hall–Kier alpha value is -3.15. The lowest BCUT2D eigenvalue weighted by Crippen LogP contribution is -2.09. The molecule has 23 heavy (non-hydrogen) atoms. The van der Waals surface area contributed by atoms with Crippen LogP contribution in [0.15, 0.2) is 54.7 Å². The average molecular weight is 310 g/mol. The number of benzene rings is 1. The highest BCUT2D eigenvalue weighted by Crippen LogP contribution is 2.29. The van der Waals surface area contributed by atoms with Crippen LogP contribution in [0.2, 0.25) is 0 Å². The Bertz CT molecular complexity index is 881. The van der Waals surface area contributed by atoms with Gasteiger partial charge in [0.05, 0.1) is 11.5 Å². The summed E-state index contributed by atoms with van der Waals surface area (Å²) in [4.78, 5) is 22.7. The van der Waals surface area contributed by atoms with Crippen molar-refractivity contribution >= 4 is 17.2 Å². The third-order valence-electron chi connectivity index (χ3n) is 3.54. The molecule has 0 N–H and O–H groups in total. The molecule has 2 aromatic heterocycles. The van der Waals surface area contributed by atoms with Crippen LogP contribution in [0.3, 0.4) is 0 Å². The minimum absolute atomic E-state index is 0.00944. The zero-order valence-corrected chi connectivity index (χ0v) is 12.4. The van der Waals surface area contributed by atoms with Crippen LogP contribution in [-0.2, 0) is 4.74 Å². The van der Waals surface area contributed by atoms with Gasteiger partial charge in [-0.25, -0.2) is 4.79 Å². The number of fused-ring (bicyclic) bond motifs is 1. The summed E-state index contributed by atoms with van der Waals surface area (Å²) in [6.07, 6.45) is 1.79. The van der Waals surface area contributed by atoms with Gasteiger partial charge in [-0.15, -0.1) is 0 Å². The number of hydrogen-bond donors (Lipinski definition) is 0. The van der Waals surface area contributed by atoms with Crippen molar-refractivity contribution in [2.75, 3.05) is 6.61 Å². The zero-order chi connectivity index (χ0) is 16.4. The van der Waals surface area contributed by atoms with Crippen molar-refractivity contribution in [2.45, 2.75) is 6.92 Å². The van der Waals surface area contributed by atoms with E-state index >= 15 is 0 Å². The van der Waals surface area contributed by atoms with Crippen LogP contribution >= 0.6 is 0 Å². The number of pyridine rings is 1. The standard InChI is InChI=1S/C17H14N2O4/c1-2-23-17(20)16-15(11-14-5-3-4-10-18(14)16)12-6-8-13(9-7-12)19(21)22/h3-11H,2H2,1H3. The van der Waals surface area contributed by atoms with Gasteiger partial charge in [0.15, 0.2) is 0 Å². The number of nitro benzene ring substituents is 1. The van der Waals surface area contributed by atoms with Crippen LogP contribution in [-0.4, -0.2) is 21.9 Å². The monoisotopic (exact) mass is 310 g/mol. The van der Waals surface area contributed by atoms with Gasteiger partial charge in [-0.1, -0.05) is 6.07 Å². The lowest BCUT2D eigenvalue weighted by Gasteiger charge is -2.06. The molecule has 0 atom stereocenters. The number of nitrogens with zero attached hydrogens (tertiary/aromatic N) is 2. The van der Waals surface area contributed by atoms with Crippen LogP contribution in [0.25, 0.3) is 16.6 Å². The van der Waals surface area contributed by atoms with Gasteiger partial charge < -0.3 is 9.14 Å². The van der Waals surface area contributed by atoms with Crippen LogP contribution in [0.1, 0.15) is 17.4 Å². The number of esters is 1. The van der Waals surface area contributed by atoms with Gasteiger partial charge in [0.1, 0.15) is 5.69 Å². The Morgan fingerprint density at radius 2 is 1.96 bits per heavy atom. The maximum atomic E-state index is 12.3. The van der Waals surface area contributed by atoms with Gasteiger partial charge in [0, 0.05) is 29.4 Å². The lowest BCUT2D eigenvalue weighted by atomic mass is 10.1. The summed E-state index contributed by atoms with van der Waals surface area (Å²) in [5.74, 6) is -0.424. The van der Waals surface area contributed by atoms with E-state index in [9.17, 15) is 14.9 Å². The molecule has 0 saturated heterocycles. The number of carbonyl (C=O) groups excluding carboxylic acids is 1. The maximum absolute atomic E-state index is 12.3. The van der Waals surface area contributed by atoms with Crippen molar-refractivity contribution in [2.24, 2.45) is 0 Å². The van der Waals surface area contributed by atoms with E-state index in [1.165, 1.54) is 12.1 Å². The van der Waals surface area contributed by atoms with Crippen molar-refractivity contribution < 1.29 is 14.5 Å². The Labute approximate surface area is 132 Å². The smallest absolute Gasteiger partial charge is 0.355 e. The fourth-order valence-electron chi connectivity index (χ4n) is 2.51. The molecule has 0 bridgehead atoms. The Morgan fingerprint density at radius 1 is 1.22 bits per heavy atom. The third-order valence-corrected chi connectivity index (χ3v) is 3.54. The first kappa shape index (κ1) is 14.8. The van der Waals surface area contributed by atoms with Gasteiger partial charge in [-0.2, -0.15) is 0 Å². The second-order valence-electron chi connectivity index (χ2n) is 4.93. The highest BCUT2D eigenvalue weighted by molar-refractivity contribution is 5.98. The molecule has 1 aromatic carbocycles. The van der Waals surface area contributed by atoms with E-state index in [-0.39, 0.29) is 12.3 Å². The van der Waals surface area contributed by atoms with E-state index in [1.54, 1.807) is 29.7 Å². The molecule has 0 unspecified atom stereocenters. The molecule has 3 aromatic rings. The number of aromatic nitrogens is 1. The molecule has 2 heterocycles. The van der Waals surface area contributed by atoms with Crippen LogP contribution < -0.4 is 0 Å². The third kappa shape index (κ3) is 2.66. The highest BCUT2D eigenvalue weighted by atomic mass is 16.6. The zero-order valence-electron chi connectivity index (χ0n) is 12.4. The fraction of sp³-hybridized carbons (Fsp3) is 0.118. The van der Waals surface area contributed by atoms with E-state index in [0.29, 0.717) is 11.3 Å². The summed E-state index contributed by atoms with van der Waals surface area (Å²) in [6, 6.07) is 13.6. The summed E-state index contributed by atoms with van der Waals surface area (Å²) in [6.45, 7) is 2.03. The highest BCUT2D eigenvalue weighted by Gasteiger charge is 2.20. The minimum atomic E-state index is -0.452. The molecule has 6 heteroatoms. The summed E-state index contributed by atoms with van der Waals surface area (Å²) in [5, 5.41) is 10.8. The second kappa shape index (κ2) is 5.92. The SMILES string of the molecule is CCOC(=O)c1c(-c2ccc([N+](=O)[O-])cc2)cc2ccccn12. The molecule has 116 valence electrons.